The van der Waals surface area contributed by atoms with Gasteiger partial charge in [0.1, 0.15) is 12.6 Å². The molecule has 0 amide bonds. The predicted octanol–water partition coefficient (Wildman–Crippen LogP) is 1.37. The van der Waals surface area contributed by atoms with Gasteiger partial charge in [-0.3, -0.25) is 10.1 Å². The number of hydrogen-bond acceptors (Lipinski definition) is 4. The highest BCUT2D eigenvalue weighted by atomic mass is 16.5. The standard InChI is InChI=1S/C13H14N2O2/c14-8-11-6-7-12(15-11)13(16)17-9-10-4-2-1-3-5-10/h1-5,11-12,15H,6-7,9H2/t11?,12-/m0/s1. The first-order chi connectivity index (χ1) is 8.29. The Morgan fingerprint density at radius 1 is 1.41 bits per heavy atom. The Bertz CT molecular complexity index is 425. The van der Waals surface area contributed by atoms with Crippen LogP contribution in [0.25, 0.3) is 0 Å². The second kappa shape index (κ2) is 5.46. The summed E-state index contributed by atoms with van der Waals surface area (Å²) in [5.41, 5.74) is 0.968. The van der Waals surface area contributed by atoms with Crippen molar-refractivity contribution in [1.29, 1.82) is 5.26 Å². The normalized spacial score (nSPS) is 23.0. The molecule has 0 spiro atoms. The lowest BCUT2D eigenvalue weighted by molar-refractivity contribution is -0.147. The molecule has 17 heavy (non-hydrogen) atoms. The lowest BCUT2D eigenvalue weighted by Gasteiger charge is -2.10. The summed E-state index contributed by atoms with van der Waals surface area (Å²) < 4.78 is 5.19. The van der Waals surface area contributed by atoms with Gasteiger partial charge in [-0.25, -0.2) is 0 Å². The molecule has 1 saturated heterocycles. The molecule has 0 radical (unpaired) electrons. The van der Waals surface area contributed by atoms with E-state index in [4.69, 9.17) is 10.00 Å². The number of nitriles is 1. The molecule has 0 aromatic heterocycles. The van der Waals surface area contributed by atoms with E-state index in [1.807, 2.05) is 30.3 Å². The van der Waals surface area contributed by atoms with Crippen molar-refractivity contribution in [2.75, 3.05) is 0 Å². The molecule has 1 aliphatic heterocycles. The van der Waals surface area contributed by atoms with Crippen LogP contribution >= 0.6 is 0 Å². The highest BCUT2D eigenvalue weighted by molar-refractivity contribution is 5.76. The van der Waals surface area contributed by atoms with Crippen LogP contribution in [-0.2, 0) is 16.1 Å². The minimum atomic E-state index is -0.330. The maximum absolute atomic E-state index is 11.7. The van der Waals surface area contributed by atoms with Crippen LogP contribution in [0.15, 0.2) is 30.3 Å². The average Bonchev–Trinajstić information content (AvgIpc) is 2.86. The Morgan fingerprint density at radius 3 is 2.82 bits per heavy atom. The van der Waals surface area contributed by atoms with Gasteiger partial charge in [-0.15, -0.1) is 0 Å². The van der Waals surface area contributed by atoms with Crippen LogP contribution in [0.4, 0.5) is 0 Å². The number of esters is 1. The van der Waals surface area contributed by atoms with Crippen LogP contribution in [-0.4, -0.2) is 18.1 Å². The second-order valence-electron chi connectivity index (χ2n) is 4.07. The zero-order chi connectivity index (χ0) is 12.1. The Kier molecular flexibility index (Phi) is 3.73. The van der Waals surface area contributed by atoms with Crippen molar-refractivity contribution in [2.45, 2.75) is 31.5 Å². The van der Waals surface area contributed by atoms with E-state index in [1.54, 1.807) is 0 Å². The minimum absolute atomic E-state index is 0.218. The lowest BCUT2D eigenvalue weighted by atomic mass is 10.2. The highest BCUT2D eigenvalue weighted by Crippen LogP contribution is 2.13. The number of carbonyl (C=O) groups excluding carboxylic acids is 1. The molecule has 1 aliphatic rings. The zero-order valence-corrected chi connectivity index (χ0v) is 9.43. The van der Waals surface area contributed by atoms with Gasteiger partial charge < -0.3 is 4.74 Å². The summed E-state index contributed by atoms with van der Waals surface area (Å²) in [6.07, 6.45) is 1.38. The molecule has 88 valence electrons. The van der Waals surface area contributed by atoms with E-state index >= 15 is 0 Å². The quantitative estimate of drug-likeness (QED) is 0.797. The van der Waals surface area contributed by atoms with E-state index in [0.717, 1.165) is 5.56 Å². The third kappa shape index (κ3) is 3.05. The molecule has 1 fully saturated rings. The molecule has 2 rings (SSSR count). The molecule has 4 nitrogen and oxygen atoms in total. The molecule has 0 aliphatic carbocycles. The summed E-state index contributed by atoms with van der Waals surface area (Å²) in [6.45, 7) is 0.287. The summed E-state index contributed by atoms with van der Waals surface area (Å²) in [5.74, 6) is -0.272. The smallest absolute Gasteiger partial charge is 0.323 e. The summed E-state index contributed by atoms with van der Waals surface area (Å²) >= 11 is 0. The fourth-order valence-corrected chi connectivity index (χ4v) is 1.86. The van der Waals surface area contributed by atoms with Crippen molar-refractivity contribution >= 4 is 5.97 Å². The van der Waals surface area contributed by atoms with Crippen molar-refractivity contribution in [3.05, 3.63) is 35.9 Å². The Balaban J connectivity index is 1.81. The highest BCUT2D eigenvalue weighted by Gasteiger charge is 2.29. The van der Waals surface area contributed by atoms with Crippen LogP contribution in [0.2, 0.25) is 0 Å². The van der Waals surface area contributed by atoms with Gasteiger partial charge in [-0.2, -0.15) is 5.26 Å². The minimum Gasteiger partial charge on any atom is -0.460 e. The van der Waals surface area contributed by atoms with E-state index in [1.165, 1.54) is 0 Å². The molecule has 1 aromatic carbocycles. The summed E-state index contributed by atoms with van der Waals surface area (Å²) in [5, 5.41) is 11.6. The van der Waals surface area contributed by atoms with Gasteiger partial charge in [0.25, 0.3) is 0 Å². The Hall–Kier alpha value is -1.86. The molecule has 0 bridgehead atoms. The third-order valence-electron chi connectivity index (χ3n) is 2.81. The summed E-state index contributed by atoms with van der Waals surface area (Å²) in [4.78, 5) is 11.7. The van der Waals surface area contributed by atoms with Gasteiger partial charge in [0.2, 0.25) is 0 Å². The molecule has 1 N–H and O–H groups in total. The maximum atomic E-state index is 11.7. The zero-order valence-electron chi connectivity index (χ0n) is 9.43. The van der Waals surface area contributed by atoms with Crippen LogP contribution in [0.3, 0.4) is 0 Å². The lowest BCUT2D eigenvalue weighted by Crippen LogP contribution is -2.36. The van der Waals surface area contributed by atoms with Gasteiger partial charge in [-0.1, -0.05) is 30.3 Å². The number of nitrogens with zero attached hydrogens (tertiary/aromatic N) is 1. The number of nitrogens with one attached hydrogen (secondary N) is 1. The monoisotopic (exact) mass is 230 g/mol. The molecule has 2 atom stereocenters. The topological polar surface area (TPSA) is 62.1 Å². The average molecular weight is 230 g/mol. The Labute approximate surface area is 100 Å². The van der Waals surface area contributed by atoms with Gasteiger partial charge in [0.15, 0.2) is 0 Å². The third-order valence-corrected chi connectivity index (χ3v) is 2.81. The number of carbonyl (C=O) groups is 1. The van der Waals surface area contributed by atoms with Crippen LogP contribution < -0.4 is 5.32 Å². The van der Waals surface area contributed by atoms with E-state index in [9.17, 15) is 4.79 Å². The molecule has 1 unspecified atom stereocenters. The van der Waals surface area contributed by atoms with Crippen molar-refractivity contribution < 1.29 is 9.53 Å². The largest absolute Gasteiger partial charge is 0.460 e. The summed E-state index contributed by atoms with van der Waals surface area (Å²) in [6, 6.07) is 11.1. The van der Waals surface area contributed by atoms with E-state index in [0.29, 0.717) is 12.8 Å². The Morgan fingerprint density at radius 2 is 2.18 bits per heavy atom. The van der Waals surface area contributed by atoms with Crippen molar-refractivity contribution in [3.8, 4) is 6.07 Å². The van der Waals surface area contributed by atoms with Crippen LogP contribution in [0.1, 0.15) is 18.4 Å². The molecule has 1 aromatic rings. The predicted molar refractivity (Wildman–Crippen MR) is 61.8 cm³/mol. The summed E-state index contributed by atoms with van der Waals surface area (Å²) in [7, 11) is 0. The van der Waals surface area contributed by atoms with Gasteiger partial charge in [0.05, 0.1) is 12.1 Å². The number of rotatable bonds is 3. The molecule has 0 saturated carbocycles. The number of ether oxygens (including phenoxy) is 1. The van der Waals surface area contributed by atoms with Crippen molar-refractivity contribution in [3.63, 3.8) is 0 Å². The van der Waals surface area contributed by atoms with Crippen LogP contribution in [0, 0.1) is 11.3 Å². The first kappa shape index (κ1) is 11.6. The number of benzene rings is 1. The van der Waals surface area contributed by atoms with Gasteiger partial charge in [-0.05, 0) is 18.4 Å². The first-order valence-corrected chi connectivity index (χ1v) is 5.66. The molecule has 4 heteroatoms. The van der Waals surface area contributed by atoms with Gasteiger partial charge in [0, 0.05) is 0 Å². The van der Waals surface area contributed by atoms with Gasteiger partial charge >= 0.3 is 5.97 Å². The maximum Gasteiger partial charge on any atom is 0.323 e. The van der Waals surface area contributed by atoms with E-state index < -0.39 is 0 Å². The molecular weight excluding hydrogens is 216 g/mol. The van der Waals surface area contributed by atoms with Crippen LogP contribution in [0.5, 0.6) is 0 Å². The fraction of sp³-hybridized carbons (Fsp3) is 0.385. The molecular formula is C13H14N2O2. The molecule has 1 heterocycles. The second-order valence-corrected chi connectivity index (χ2v) is 4.07. The van der Waals surface area contributed by atoms with Crippen molar-refractivity contribution in [2.24, 2.45) is 0 Å². The van der Waals surface area contributed by atoms with E-state index in [-0.39, 0.29) is 24.7 Å². The number of hydrogen-bond donors (Lipinski definition) is 1. The fourth-order valence-electron chi connectivity index (χ4n) is 1.86. The van der Waals surface area contributed by atoms with Crippen molar-refractivity contribution in [1.82, 2.24) is 5.32 Å². The SMILES string of the molecule is N#CC1CC[C@@H](C(=O)OCc2ccccc2)N1. The van der Waals surface area contributed by atoms with E-state index in [2.05, 4.69) is 11.4 Å². The first-order valence-electron chi connectivity index (χ1n) is 5.66.